The van der Waals surface area contributed by atoms with Gasteiger partial charge in [-0.25, -0.2) is 0 Å². The molecule has 0 aliphatic heterocycles. The van der Waals surface area contributed by atoms with E-state index in [4.69, 9.17) is 5.73 Å². The molecule has 0 radical (unpaired) electrons. The first-order chi connectivity index (χ1) is 15.3. The van der Waals surface area contributed by atoms with Gasteiger partial charge >= 0.3 is 0 Å². The first kappa shape index (κ1) is 23.1. The minimum Gasteiger partial charge on any atom is -0.507 e. The molecule has 1 amide bonds. The zero-order valence-electron chi connectivity index (χ0n) is 18.9. The molecule has 4 N–H and O–H groups in total. The maximum atomic E-state index is 13.7. The Morgan fingerprint density at radius 1 is 1.09 bits per heavy atom. The lowest BCUT2D eigenvalue weighted by Crippen LogP contribution is -2.74. The number of carbonyl (C=O) groups is 5. The maximum absolute atomic E-state index is 13.7. The average Bonchev–Trinajstić information content (AvgIpc) is 2.70. The lowest BCUT2D eigenvalue weighted by molar-refractivity contribution is -0.181. The van der Waals surface area contributed by atoms with Crippen molar-refractivity contribution < 1.29 is 34.2 Å². The number of nitrogens with two attached hydrogens (primary N) is 1. The second kappa shape index (κ2) is 7.46. The number of nitrogens with zero attached hydrogens (tertiary/aromatic N) is 2. The quantitative estimate of drug-likeness (QED) is 0.481. The van der Waals surface area contributed by atoms with E-state index in [-0.39, 0.29) is 24.2 Å². The van der Waals surface area contributed by atoms with Crippen LogP contribution in [0.4, 0.5) is 5.69 Å². The molecule has 6 atom stereocenters. The Kier molecular flexibility index (Phi) is 5.21. The van der Waals surface area contributed by atoms with Gasteiger partial charge in [0.05, 0.1) is 17.5 Å². The van der Waals surface area contributed by atoms with Crippen molar-refractivity contribution in [1.82, 2.24) is 4.90 Å². The predicted octanol–water partition coefficient (Wildman–Crippen LogP) is -1.07. The molecule has 1 aromatic rings. The van der Waals surface area contributed by atoms with E-state index in [1.54, 1.807) is 39.2 Å². The van der Waals surface area contributed by atoms with Gasteiger partial charge in [0.25, 0.3) is 0 Å². The van der Waals surface area contributed by atoms with Crippen molar-refractivity contribution in [1.29, 1.82) is 0 Å². The third-order valence-corrected chi connectivity index (χ3v) is 7.40. The van der Waals surface area contributed by atoms with E-state index in [1.165, 1.54) is 11.0 Å². The fraction of sp³-hybridized carbons (Fsp3) is 0.522. The fourth-order valence-electron chi connectivity index (χ4n) is 6.01. The summed E-state index contributed by atoms with van der Waals surface area (Å²) in [4.78, 5) is 68.6. The molecule has 2 fully saturated rings. The number of likely N-dealkylation sites (N-methyl/N-ethyl adjacent to an activating group) is 1. The Labute approximate surface area is 190 Å². The number of phenolic OH excluding ortho intramolecular Hbond substituents is 1. The number of aliphatic hydroxyl groups is 1. The van der Waals surface area contributed by atoms with Gasteiger partial charge < -0.3 is 20.8 Å². The molecule has 0 saturated heterocycles. The highest BCUT2D eigenvalue weighted by atomic mass is 16.3. The van der Waals surface area contributed by atoms with Crippen molar-refractivity contribution >= 4 is 34.7 Å². The van der Waals surface area contributed by atoms with Gasteiger partial charge in [-0.1, -0.05) is 0 Å². The van der Waals surface area contributed by atoms with E-state index < -0.39 is 64.4 Å². The summed E-state index contributed by atoms with van der Waals surface area (Å²) in [6.45, 7) is 0. The van der Waals surface area contributed by atoms with Gasteiger partial charge in [0, 0.05) is 25.7 Å². The number of ketones is 4. The molecule has 176 valence electrons. The number of hydrogen-bond donors (Lipinski definition) is 3. The first-order valence-electron chi connectivity index (χ1n) is 10.7. The van der Waals surface area contributed by atoms with Crippen LogP contribution in [0, 0.1) is 23.7 Å². The summed E-state index contributed by atoms with van der Waals surface area (Å²) in [5, 5.41) is 21.9. The molecule has 5 unspecified atom stereocenters. The molecule has 0 heterocycles. The minimum absolute atomic E-state index is 0.00667. The van der Waals surface area contributed by atoms with Gasteiger partial charge in [0.2, 0.25) is 5.91 Å². The molecule has 33 heavy (non-hydrogen) atoms. The van der Waals surface area contributed by atoms with Crippen molar-refractivity contribution in [2.45, 2.75) is 24.5 Å². The molecule has 0 spiro atoms. The van der Waals surface area contributed by atoms with Crippen molar-refractivity contribution in [3.63, 3.8) is 0 Å². The Bertz CT molecular complexity index is 1110. The summed E-state index contributed by atoms with van der Waals surface area (Å²) in [6, 6.07) is 1.94. The van der Waals surface area contributed by atoms with Crippen LogP contribution < -0.4 is 10.6 Å². The van der Waals surface area contributed by atoms with E-state index in [0.717, 1.165) is 0 Å². The Morgan fingerprint density at radius 2 is 1.73 bits per heavy atom. The number of Topliss-reactive ketones (excluding diaryl/α,β-unsaturated/α-hetero) is 4. The van der Waals surface area contributed by atoms with E-state index in [2.05, 4.69) is 0 Å². The third-order valence-electron chi connectivity index (χ3n) is 7.40. The molecule has 3 aliphatic rings. The van der Waals surface area contributed by atoms with Crippen LogP contribution in [-0.2, 0) is 25.6 Å². The molecular weight excluding hydrogens is 430 g/mol. The van der Waals surface area contributed by atoms with Crippen LogP contribution in [0.25, 0.3) is 0 Å². The number of hydrogen-bond acceptors (Lipinski definition) is 9. The summed E-state index contributed by atoms with van der Waals surface area (Å²) < 4.78 is 0. The van der Waals surface area contributed by atoms with Gasteiger partial charge in [-0.05, 0) is 50.6 Å². The number of phenols is 1. The fourth-order valence-corrected chi connectivity index (χ4v) is 6.01. The number of amides is 1. The Balaban J connectivity index is 1.89. The summed E-state index contributed by atoms with van der Waals surface area (Å²) in [6.07, 6.45) is 0.278. The number of carbonyl (C=O) groups excluding carboxylic acids is 5. The number of rotatable bonds is 3. The molecule has 1 aromatic carbocycles. The van der Waals surface area contributed by atoms with Crippen molar-refractivity contribution in [3.8, 4) is 5.75 Å². The van der Waals surface area contributed by atoms with E-state index in [9.17, 15) is 34.2 Å². The summed E-state index contributed by atoms with van der Waals surface area (Å²) in [5.74, 6) is -10.3. The lowest BCUT2D eigenvalue weighted by Gasteiger charge is -2.52. The summed E-state index contributed by atoms with van der Waals surface area (Å²) in [5.41, 5.74) is 3.87. The van der Waals surface area contributed by atoms with Gasteiger partial charge in [-0.3, -0.25) is 28.9 Å². The maximum Gasteiger partial charge on any atom is 0.235 e. The largest absolute Gasteiger partial charge is 0.507 e. The van der Waals surface area contributed by atoms with Crippen molar-refractivity contribution in [2.24, 2.45) is 29.4 Å². The third kappa shape index (κ3) is 2.97. The number of benzene rings is 1. The standard InChI is InChI=1S/C23H27N3O7/c1-25(2)12-5-6-13(27)15-10(12)7-9-8-11-17(26(3)4)19(29)16(22(24)32)21(31)23(11,33)20(30)14(9)18(15)28/h5-6,9,11,14,16-17,27,33H,7-8H2,1-4H3,(H2,24,32)/t9?,11-,14?,16?,17?,23?/m0/s1. The SMILES string of the molecule is CN(C)c1ccc(O)c2c1CC1C[C@H]3C(N(C)C)C(=O)C(C(N)=O)C(=O)C3(O)C(=O)C1C2=O. The van der Waals surface area contributed by atoms with Crippen LogP contribution in [0.1, 0.15) is 22.3 Å². The van der Waals surface area contributed by atoms with Crippen LogP contribution in [-0.4, -0.2) is 84.0 Å². The highest BCUT2D eigenvalue weighted by Crippen LogP contribution is 2.51. The normalized spacial score (nSPS) is 33.5. The lowest BCUT2D eigenvalue weighted by atomic mass is 9.52. The van der Waals surface area contributed by atoms with Crippen LogP contribution in [0.2, 0.25) is 0 Å². The number of aromatic hydroxyl groups is 1. The molecular formula is C23H27N3O7. The van der Waals surface area contributed by atoms with Crippen LogP contribution in [0.3, 0.4) is 0 Å². The number of fused-ring (bicyclic) bond motifs is 3. The zero-order chi connectivity index (χ0) is 24.6. The molecule has 10 nitrogen and oxygen atoms in total. The molecule has 0 bridgehead atoms. The topological polar surface area (TPSA) is 158 Å². The van der Waals surface area contributed by atoms with Gasteiger partial charge in [0.15, 0.2) is 34.7 Å². The first-order valence-corrected chi connectivity index (χ1v) is 10.7. The second-order valence-electron chi connectivity index (χ2n) is 9.64. The molecule has 3 aliphatic carbocycles. The Hall–Kier alpha value is -3.11. The zero-order valence-corrected chi connectivity index (χ0v) is 18.9. The van der Waals surface area contributed by atoms with E-state index >= 15 is 0 Å². The highest BCUT2D eigenvalue weighted by Gasteiger charge is 2.69. The van der Waals surface area contributed by atoms with Crippen LogP contribution >= 0.6 is 0 Å². The van der Waals surface area contributed by atoms with Gasteiger partial charge in [-0.2, -0.15) is 0 Å². The summed E-state index contributed by atoms with van der Waals surface area (Å²) in [7, 11) is 6.69. The number of primary amides is 1. The molecule has 0 aromatic heterocycles. The predicted molar refractivity (Wildman–Crippen MR) is 116 cm³/mol. The monoisotopic (exact) mass is 457 g/mol. The number of anilines is 1. The van der Waals surface area contributed by atoms with Gasteiger partial charge in [-0.15, -0.1) is 0 Å². The Morgan fingerprint density at radius 3 is 2.27 bits per heavy atom. The van der Waals surface area contributed by atoms with Crippen molar-refractivity contribution in [2.75, 3.05) is 33.1 Å². The summed E-state index contributed by atoms with van der Waals surface area (Å²) >= 11 is 0. The van der Waals surface area contributed by atoms with E-state index in [0.29, 0.717) is 11.3 Å². The minimum atomic E-state index is -2.70. The van der Waals surface area contributed by atoms with Crippen LogP contribution in [0.5, 0.6) is 5.75 Å². The second-order valence-corrected chi connectivity index (χ2v) is 9.64. The van der Waals surface area contributed by atoms with E-state index in [1.807, 2.05) is 0 Å². The van der Waals surface area contributed by atoms with Gasteiger partial charge in [0.1, 0.15) is 5.75 Å². The molecule has 2 saturated carbocycles. The van der Waals surface area contributed by atoms with Crippen molar-refractivity contribution in [3.05, 3.63) is 23.3 Å². The van der Waals surface area contributed by atoms with Crippen LogP contribution in [0.15, 0.2) is 12.1 Å². The highest BCUT2D eigenvalue weighted by molar-refractivity contribution is 6.32. The smallest absolute Gasteiger partial charge is 0.235 e. The molecule has 4 rings (SSSR count). The molecule has 10 heteroatoms. The average molecular weight is 457 g/mol.